The molecule has 0 spiro atoms. The fourth-order valence-corrected chi connectivity index (χ4v) is 6.45. The van der Waals surface area contributed by atoms with Gasteiger partial charge in [0.15, 0.2) is 0 Å². The van der Waals surface area contributed by atoms with Crippen LogP contribution in [0.25, 0.3) is 0 Å². The molecule has 4 fully saturated rings. The van der Waals surface area contributed by atoms with Crippen molar-refractivity contribution in [1.29, 1.82) is 0 Å². The van der Waals surface area contributed by atoms with Gasteiger partial charge in [0, 0.05) is 26.1 Å². The second kappa shape index (κ2) is 8.71. The lowest BCUT2D eigenvalue weighted by Crippen LogP contribution is -2.56. The van der Waals surface area contributed by atoms with Gasteiger partial charge in [-0.3, -0.25) is 4.79 Å². The standard InChI is InChI=1S/C23H32BNO5/c1-28-21(26)20(11-15-4-6-19(7-5-15)24(29-2)30-3)25-22(27)23-12-16-8-17(13-23)10-18(9-16)14-23/h4-7,16-18,20H,8-14H2,1-3H3,(H,25,27)/t16?,17?,18?,20-,23?/m1/s1. The quantitative estimate of drug-likeness (QED) is 0.522. The summed E-state index contributed by atoms with van der Waals surface area (Å²) in [6, 6.07) is 7.03. The molecule has 0 aliphatic heterocycles. The van der Waals surface area contributed by atoms with Crippen molar-refractivity contribution in [3.8, 4) is 0 Å². The van der Waals surface area contributed by atoms with Crippen molar-refractivity contribution in [3.05, 3.63) is 29.8 Å². The number of nitrogens with one attached hydrogen (secondary N) is 1. The van der Waals surface area contributed by atoms with Crippen molar-refractivity contribution >= 4 is 24.5 Å². The Balaban J connectivity index is 1.46. The highest BCUT2D eigenvalue weighted by Crippen LogP contribution is 2.60. The minimum Gasteiger partial charge on any atom is -0.467 e. The molecule has 30 heavy (non-hydrogen) atoms. The van der Waals surface area contributed by atoms with Crippen LogP contribution >= 0.6 is 0 Å². The monoisotopic (exact) mass is 413 g/mol. The highest BCUT2D eigenvalue weighted by molar-refractivity contribution is 6.61. The van der Waals surface area contributed by atoms with E-state index in [-0.39, 0.29) is 11.3 Å². The van der Waals surface area contributed by atoms with Crippen LogP contribution in [0.4, 0.5) is 0 Å². The molecule has 1 atom stereocenters. The van der Waals surface area contributed by atoms with Crippen molar-refractivity contribution < 1.29 is 23.6 Å². The Hall–Kier alpha value is -1.86. The molecule has 1 N–H and O–H groups in total. The lowest BCUT2D eigenvalue weighted by atomic mass is 9.49. The summed E-state index contributed by atoms with van der Waals surface area (Å²) in [4.78, 5) is 25.9. The number of esters is 1. The zero-order valence-electron chi connectivity index (χ0n) is 18.2. The highest BCUT2D eigenvalue weighted by atomic mass is 16.6. The normalized spacial score (nSPS) is 30.0. The molecule has 4 bridgehead atoms. The van der Waals surface area contributed by atoms with Crippen molar-refractivity contribution in [2.45, 2.75) is 51.0 Å². The van der Waals surface area contributed by atoms with Crippen molar-refractivity contribution in [1.82, 2.24) is 5.32 Å². The van der Waals surface area contributed by atoms with Crippen LogP contribution in [0, 0.1) is 23.2 Å². The van der Waals surface area contributed by atoms with Crippen LogP contribution in [0.2, 0.25) is 0 Å². The number of ether oxygens (including phenoxy) is 1. The molecule has 5 rings (SSSR count). The maximum absolute atomic E-state index is 13.4. The third kappa shape index (κ3) is 4.15. The number of hydrogen-bond donors (Lipinski definition) is 1. The Morgan fingerprint density at radius 1 is 1.00 bits per heavy atom. The molecule has 0 heterocycles. The van der Waals surface area contributed by atoms with Gasteiger partial charge in [0.1, 0.15) is 6.04 Å². The third-order valence-electron chi connectivity index (χ3n) is 7.43. The van der Waals surface area contributed by atoms with Crippen LogP contribution in [-0.4, -0.2) is 46.4 Å². The van der Waals surface area contributed by atoms with Crippen LogP contribution in [0.1, 0.15) is 44.1 Å². The average molecular weight is 413 g/mol. The summed E-state index contributed by atoms with van der Waals surface area (Å²) in [7, 11) is 4.13. The van der Waals surface area contributed by atoms with Crippen molar-refractivity contribution in [3.63, 3.8) is 0 Å². The third-order valence-corrected chi connectivity index (χ3v) is 7.43. The zero-order chi connectivity index (χ0) is 21.3. The Bertz CT molecular complexity index is 741. The first-order chi connectivity index (χ1) is 14.5. The van der Waals surface area contributed by atoms with Crippen LogP contribution in [-0.2, 0) is 30.1 Å². The SMILES string of the molecule is COB(OC)c1ccc(C[C@@H](NC(=O)C23CC4CC(CC(C4)C2)C3)C(=O)OC)cc1. The molecule has 4 aliphatic rings. The van der Waals surface area contributed by atoms with Gasteiger partial charge in [0.2, 0.25) is 5.91 Å². The van der Waals surface area contributed by atoms with E-state index in [2.05, 4.69) is 5.32 Å². The first-order valence-electron chi connectivity index (χ1n) is 11.0. The van der Waals surface area contributed by atoms with E-state index in [4.69, 9.17) is 14.0 Å². The topological polar surface area (TPSA) is 73.9 Å². The van der Waals surface area contributed by atoms with Crippen LogP contribution in [0.5, 0.6) is 0 Å². The molecule has 0 unspecified atom stereocenters. The van der Waals surface area contributed by atoms with E-state index in [1.54, 1.807) is 14.2 Å². The van der Waals surface area contributed by atoms with Crippen molar-refractivity contribution in [2.75, 3.05) is 21.3 Å². The number of carbonyl (C=O) groups is 2. The molecule has 7 heteroatoms. The van der Waals surface area contributed by atoms with Gasteiger partial charge < -0.3 is 19.4 Å². The minimum absolute atomic E-state index is 0.0486. The van der Waals surface area contributed by atoms with Crippen molar-refractivity contribution in [2.24, 2.45) is 23.2 Å². The molecular formula is C23H32BNO5. The molecule has 0 radical (unpaired) electrons. The van der Waals surface area contributed by atoms with Gasteiger partial charge in [0.05, 0.1) is 7.11 Å². The second-order valence-corrected chi connectivity index (χ2v) is 9.50. The lowest BCUT2D eigenvalue weighted by Gasteiger charge is -2.55. The number of amides is 1. The van der Waals surface area contributed by atoms with Gasteiger partial charge in [-0.25, -0.2) is 4.79 Å². The first kappa shape index (κ1) is 21.4. The summed E-state index contributed by atoms with van der Waals surface area (Å²) in [5.74, 6) is 1.69. The summed E-state index contributed by atoms with van der Waals surface area (Å²) in [6.45, 7) is 0. The molecule has 1 aromatic carbocycles. The first-order valence-corrected chi connectivity index (χ1v) is 11.0. The van der Waals surface area contributed by atoms with E-state index in [9.17, 15) is 9.59 Å². The Labute approximate surface area is 179 Å². The Morgan fingerprint density at radius 3 is 2.00 bits per heavy atom. The van der Waals surface area contributed by atoms with Gasteiger partial charge in [-0.1, -0.05) is 24.3 Å². The summed E-state index contributed by atoms with van der Waals surface area (Å²) < 4.78 is 15.6. The largest absolute Gasteiger partial charge is 0.493 e. The highest BCUT2D eigenvalue weighted by Gasteiger charge is 2.55. The predicted molar refractivity (Wildman–Crippen MR) is 114 cm³/mol. The van der Waals surface area contributed by atoms with E-state index in [0.29, 0.717) is 24.2 Å². The smallest absolute Gasteiger partial charge is 0.467 e. The maximum Gasteiger partial charge on any atom is 0.493 e. The molecule has 1 aromatic rings. The number of hydrogen-bond acceptors (Lipinski definition) is 5. The van der Waals surface area contributed by atoms with Gasteiger partial charge in [0.25, 0.3) is 0 Å². The minimum atomic E-state index is -0.679. The molecular weight excluding hydrogens is 381 g/mol. The number of methoxy groups -OCH3 is 1. The molecule has 0 aromatic heterocycles. The second-order valence-electron chi connectivity index (χ2n) is 9.50. The van der Waals surface area contributed by atoms with Crippen LogP contribution in [0.15, 0.2) is 24.3 Å². The van der Waals surface area contributed by atoms with E-state index in [1.807, 2.05) is 24.3 Å². The lowest BCUT2D eigenvalue weighted by molar-refractivity contribution is -0.152. The molecule has 6 nitrogen and oxygen atoms in total. The number of rotatable bonds is 8. The summed E-state index contributed by atoms with van der Waals surface area (Å²) >= 11 is 0. The Morgan fingerprint density at radius 2 is 1.53 bits per heavy atom. The number of carbonyl (C=O) groups excluding carboxylic acids is 2. The van der Waals surface area contributed by atoms with Gasteiger partial charge >= 0.3 is 13.1 Å². The predicted octanol–water partition coefficient (Wildman–Crippen LogP) is 2.09. The average Bonchev–Trinajstić information content (AvgIpc) is 2.73. The molecule has 162 valence electrons. The molecule has 4 saturated carbocycles. The van der Waals surface area contributed by atoms with Crippen LogP contribution in [0.3, 0.4) is 0 Å². The van der Waals surface area contributed by atoms with Gasteiger partial charge in [-0.05, 0) is 67.3 Å². The molecule has 0 saturated heterocycles. The molecule has 1 amide bonds. The van der Waals surface area contributed by atoms with E-state index < -0.39 is 19.1 Å². The summed E-state index contributed by atoms with van der Waals surface area (Å²) in [5, 5.41) is 3.07. The van der Waals surface area contributed by atoms with Crippen LogP contribution < -0.4 is 10.8 Å². The summed E-state index contributed by atoms with van der Waals surface area (Å²) in [6.07, 6.45) is 7.17. The van der Waals surface area contributed by atoms with E-state index >= 15 is 0 Å². The van der Waals surface area contributed by atoms with Gasteiger partial charge in [-0.15, -0.1) is 0 Å². The maximum atomic E-state index is 13.4. The zero-order valence-corrected chi connectivity index (χ0v) is 18.2. The van der Waals surface area contributed by atoms with E-state index in [0.717, 1.165) is 30.3 Å². The molecule has 4 aliphatic carbocycles. The fourth-order valence-electron chi connectivity index (χ4n) is 6.45. The van der Waals surface area contributed by atoms with E-state index in [1.165, 1.54) is 26.4 Å². The summed E-state index contributed by atoms with van der Waals surface area (Å²) in [5.41, 5.74) is 1.57. The van der Waals surface area contributed by atoms with Gasteiger partial charge in [-0.2, -0.15) is 0 Å². The fraction of sp³-hybridized carbons (Fsp3) is 0.652. The Kier molecular flexibility index (Phi) is 6.21. The number of benzene rings is 1.